The molecule has 11 rings (SSSR count). The van der Waals surface area contributed by atoms with Crippen LogP contribution in [0.15, 0.2) is 206 Å². The molecule has 1 aliphatic carbocycles. The minimum Gasteiger partial charge on any atom is -0.228 e. The van der Waals surface area contributed by atoms with E-state index in [9.17, 15) is 0 Å². The molecular formula is C57H40N2. The van der Waals surface area contributed by atoms with Crippen LogP contribution in [0.2, 0.25) is 0 Å². The number of benzene rings is 9. The summed E-state index contributed by atoms with van der Waals surface area (Å²) < 4.78 is 0. The molecule has 1 aliphatic rings. The number of nitrogens with zero attached hydrogens (tertiary/aromatic N) is 2. The zero-order chi connectivity index (χ0) is 39.5. The Morgan fingerprint density at radius 1 is 0.305 bits per heavy atom. The molecule has 1 aromatic heterocycles. The molecule has 59 heavy (non-hydrogen) atoms. The lowest BCUT2D eigenvalue weighted by molar-refractivity contribution is 0.660. The van der Waals surface area contributed by atoms with Crippen molar-refractivity contribution in [3.05, 3.63) is 217 Å². The average Bonchev–Trinajstić information content (AvgIpc) is 3.53. The van der Waals surface area contributed by atoms with Crippen molar-refractivity contribution in [3.8, 4) is 78.4 Å². The second kappa shape index (κ2) is 13.9. The number of aromatic nitrogens is 2. The Labute approximate surface area is 345 Å². The third kappa shape index (κ3) is 6.04. The van der Waals surface area contributed by atoms with Crippen molar-refractivity contribution in [2.24, 2.45) is 0 Å². The second-order valence-corrected chi connectivity index (χ2v) is 16.2. The molecule has 2 nitrogen and oxygen atoms in total. The van der Waals surface area contributed by atoms with Crippen LogP contribution in [0, 0.1) is 0 Å². The van der Waals surface area contributed by atoms with Gasteiger partial charge in [-0.3, -0.25) is 0 Å². The third-order valence-corrected chi connectivity index (χ3v) is 12.3. The van der Waals surface area contributed by atoms with Crippen molar-refractivity contribution >= 4 is 21.5 Å². The van der Waals surface area contributed by atoms with E-state index >= 15 is 0 Å². The van der Waals surface area contributed by atoms with Crippen LogP contribution < -0.4 is 0 Å². The molecule has 0 fully saturated rings. The third-order valence-electron chi connectivity index (χ3n) is 12.3. The molecule has 10 aromatic rings. The van der Waals surface area contributed by atoms with Crippen LogP contribution in [0.3, 0.4) is 0 Å². The van der Waals surface area contributed by atoms with Gasteiger partial charge in [-0.15, -0.1) is 0 Å². The summed E-state index contributed by atoms with van der Waals surface area (Å²) in [6.07, 6.45) is 0. The van der Waals surface area contributed by atoms with Crippen LogP contribution in [0.25, 0.3) is 100.0 Å². The van der Waals surface area contributed by atoms with E-state index in [0.717, 1.165) is 33.5 Å². The Bertz CT molecular complexity index is 3230. The summed E-state index contributed by atoms with van der Waals surface area (Å²) in [5.41, 5.74) is 17.5. The highest BCUT2D eigenvalue weighted by atomic mass is 14.9. The molecule has 0 saturated heterocycles. The SMILES string of the molecule is CC1(C)c2ccccc2-c2ccc(-c3cccc(-c4ccc(-c5cc(-c6ccc(-c7ccc8ccccc8c7)cc6)nc(-c6ccccc6)n5)c5ccccc45)c3)cc21. The largest absolute Gasteiger partial charge is 0.228 e. The summed E-state index contributed by atoms with van der Waals surface area (Å²) in [4.78, 5) is 10.4. The minimum atomic E-state index is -0.0475. The van der Waals surface area contributed by atoms with Gasteiger partial charge in [0, 0.05) is 22.1 Å². The molecule has 0 bridgehead atoms. The minimum absolute atomic E-state index is 0.0475. The molecule has 0 aliphatic heterocycles. The molecule has 0 amide bonds. The summed E-state index contributed by atoms with van der Waals surface area (Å²) in [6.45, 7) is 4.69. The van der Waals surface area contributed by atoms with Gasteiger partial charge < -0.3 is 0 Å². The molecule has 0 N–H and O–H groups in total. The van der Waals surface area contributed by atoms with Crippen LogP contribution in [0.1, 0.15) is 25.0 Å². The highest BCUT2D eigenvalue weighted by molar-refractivity contribution is 6.05. The van der Waals surface area contributed by atoms with Crippen molar-refractivity contribution in [3.63, 3.8) is 0 Å². The van der Waals surface area contributed by atoms with E-state index in [1.54, 1.807) is 0 Å². The summed E-state index contributed by atoms with van der Waals surface area (Å²) in [6, 6.07) is 74.4. The van der Waals surface area contributed by atoms with Gasteiger partial charge >= 0.3 is 0 Å². The zero-order valence-electron chi connectivity index (χ0n) is 33.0. The number of hydrogen-bond acceptors (Lipinski definition) is 2. The summed E-state index contributed by atoms with van der Waals surface area (Å²) in [5, 5.41) is 4.83. The van der Waals surface area contributed by atoms with Crippen molar-refractivity contribution in [2.45, 2.75) is 19.3 Å². The molecule has 0 unspecified atom stereocenters. The number of rotatable bonds is 6. The maximum atomic E-state index is 5.24. The molecule has 0 atom stereocenters. The fourth-order valence-electron chi connectivity index (χ4n) is 9.18. The van der Waals surface area contributed by atoms with E-state index in [-0.39, 0.29) is 5.41 Å². The highest BCUT2D eigenvalue weighted by Gasteiger charge is 2.35. The first-order valence-corrected chi connectivity index (χ1v) is 20.4. The number of fused-ring (bicyclic) bond motifs is 5. The first kappa shape index (κ1) is 34.8. The summed E-state index contributed by atoms with van der Waals surface area (Å²) >= 11 is 0. The van der Waals surface area contributed by atoms with Crippen LogP contribution in [0.4, 0.5) is 0 Å². The monoisotopic (exact) mass is 752 g/mol. The van der Waals surface area contributed by atoms with Gasteiger partial charge in [0.05, 0.1) is 11.4 Å². The topological polar surface area (TPSA) is 25.8 Å². The van der Waals surface area contributed by atoms with E-state index in [1.807, 2.05) is 18.2 Å². The van der Waals surface area contributed by atoms with E-state index in [4.69, 9.17) is 9.97 Å². The van der Waals surface area contributed by atoms with Crippen LogP contribution >= 0.6 is 0 Å². The van der Waals surface area contributed by atoms with Gasteiger partial charge in [-0.25, -0.2) is 9.97 Å². The first-order valence-electron chi connectivity index (χ1n) is 20.4. The van der Waals surface area contributed by atoms with Crippen molar-refractivity contribution < 1.29 is 0 Å². The fraction of sp³-hybridized carbons (Fsp3) is 0.0526. The predicted octanol–water partition coefficient (Wildman–Crippen LogP) is 15.1. The Kier molecular flexibility index (Phi) is 8.20. The van der Waals surface area contributed by atoms with Gasteiger partial charge in [0.1, 0.15) is 0 Å². The normalized spacial score (nSPS) is 12.7. The Balaban J connectivity index is 0.986. The molecule has 9 aromatic carbocycles. The molecular weight excluding hydrogens is 713 g/mol. The molecule has 0 spiro atoms. The molecule has 1 heterocycles. The van der Waals surface area contributed by atoms with Gasteiger partial charge in [-0.1, -0.05) is 196 Å². The van der Waals surface area contributed by atoms with Crippen LogP contribution in [0.5, 0.6) is 0 Å². The lowest BCUT2D eigenvalue weighted by Crippen LogP contribution is -2.14. The van der Waals surface area contributed by atoms with Gasteiger partial charge in [0.2, 0.25) is 0 Å². The Morgan fingerprint density at radius 2 is 0.864 bits per heavy atom. The van der Waals surface area contributed by atoms with E-state index in [1.165, 1.54) is 71.8 Å². The predicted molar refractivity (Wildman–Crippen MR) is 247 cm³/mol. The van der Waals surface area contributed by atoms with Crippen molar-refractivity contribution in [1.82, 2.24) is 9.97 Å². The maximum Gasteiger partial charge on any atom is 0.160 e. The van der Waals surface area contributed by atoms with Gasteiger partial charge in [0.15, 0.2) is 5.82 Å². The quantitative estimate of drug-likeness (QED) is 0.169. The Morgan fingerprint density at radius 3 is 1.71 bits per heavy atom. The Hall–Kier alpha value is -7.42. The smallest absolute Gasteiger partial charge is 0.160 e. The average molecular weight is 753 g/mol. The zero-order valence-corrected chi connectivity index (χ0v) is 33.0. The lowest BCUT2D eigenvalue weighted by Gasteiger charge is -2.22. The summed E-state index contributed by atoms with van der Waals surface area (Å²) in [5.74, 6) is 0.707. The summed E-state index contributed by atoms with van der Waals surface area (Å²) in [7, 11) is 0. The van der Waals surface area contributed by atoms with E-state index in [2.05, 4.69) is 202 Å². The van der Waals surface area contributed by atoms with Gasteiger partial charge in [-0.2, -0.15) is 0 Å². The highest BCUT2D eigenvalue weighted by Crippen LogP contribution is 2.49. The lowest BCUT2D eigenvalue weighted by atomic mass is 9.81. The molecule has 0 radical (unpaired) electrons. The first-order chi connectivity index (χ1) is 29.0. The fourth-order valence-corrected chi connectivity index (χ4v) is 9.18. The second-order valence-electron chi connectivity index (χ2n) is 16.2. The van der Waals surface area contributed by atoms with E-state index < -0.39 is 0 Å². The van der Waals surface area contributed by atoms with Crippen LogP contribution in [-0.4, -0.2) is 9.97 Å². The van der Waals surface area contributed by atoms with Crippen molar-refractivity contribution in [2.75, 3.05) is 0 Å². The standard InChI is InChI=1S/C57H40N2/c1-57(2)52-22-11-10-21-49(52)50-30-29-44(35-53(50)57)42-17-12-18-45(34-42)46-31-32-51(48-20-9-8-19-47(46)48)55-36-54(58-56(59-55)40-14-4-3-5-15-40)39-26-23-38(24-27-39)43-28-25-37-13-6-7-16-41(37)33-43/h3-36H,1-2H3. The molecule has 0 saturated carbocycles. The van der Waals surface area contributed by atoms with Gasteiger partial charge in [-0.05, 0) is 101 Å². The van der Waals surface area contributed by atoms with E-state index in [0.29, 0.717) is 5.82 Å². The van der Waals surface area contributed by atoms with Crippen molar-refractivity contribution in [1.29, 1.82) is 0 Å². The van der Waals surface area contributed by atoms with Gasteiger partial charge in [0.25, 0.3) is 0 Å². The molecule has 2 heteroatoms. The molecule has 278 valence electrons. The van der Waals surface area contributed by atoms with Crippen LogP contribution in [-0.2, 0) is 5.41 Å². The number of hydrogen-bond donors (Lipinski definition) is 0. The maximum absolute atomic E-state index is 5.24.